The van der Waals surface area contributed by atoms with Gasteiger partial charge in [-0.05, 0) is 18.6 Å². The molecule has 3 heterocycles. The molecule has 2 aromatic heterocycles. The molecule has 2 aromatic rings. The highest BCUT2D eigenvalue weighted by atomic mass is 16.2. The zero-order valence-electron chi connectivity index (χ0n) is 10.2. The van der Waals surface area contributed by atoms with E-state index in [0.717, 1.165) is 24.5 Å². The lowest BCUT2D eigenvalue weighted by molar-refractivity contribution is -0.129. The molecule has 1 fully saturated rings. The Morgan fingerprint density at radius 3 is 2.83 bits per heavy atom. The number of nitrogens with zero attached hydrogens (tertiary/aromatic N) is 4. The van der Waals surface area contributed by atoms with Crippen molar-refractivity contribution in [3.63, 3.8) is 0 Å². The average molecular weight is 242 g/mol. The van der Waals surface area contributed by atoms with E-state index in [-0.39, 0.29) is 11.9 Å². The molecule has 1 saturated heterocycles. The molecule has 1 aliphatic heterocycles. The fourth-order valence-electron chi connectivity index (χ4n) is 2.32. The molecule has 5 nitrogen and oxygen atoms in total. The molecule has 1 amide bonds. The number of carbonyl (C=O) groups is 1. The highest BCUT2D eigenvalue weighted by Crippen LogP contribution is 2.26. The van der Waals surface area contributed by atoms with Crippen LogP contribution < -0.4 is 0 Å². The van der Waals surface area contributed by atoms with E-state index in [1.807, 2.05) is 36.0 Å². The molecule has 0 spiro atoms. The molecule has 18 heavy (non-hydrogen) atoms. The third-order valence-electron chi connectivity index (χ3n) is 3.30. The standard InChI is InChI=1S/C13H14N4O/c1-16-8-5-11(13(16)18)17-9-7-15-12(17)10-4-2-3-6-14-10/h2-4,6-7,9,11H,5,8H2,1H3. The van der Waals surface area contributed by atoms with E-state index in [9.17, 15) is 4.79 Å². The summed E-state index contributed by atoms with van der Waals surface area (Å²) in [5.41, 5.74) is 0.796. The van der Waals surface area contributed by atoms with Gasteiger partial charge in [-0.15, -0.1) is 0 Å². The normalized spacial score (nSPS) is 19.5. The molecule has 0 aromatic carbocycles. The molecule has 3 rings (SSSR count). The summed E-state index contributed by atoms with van der Waals surface area (Å²) in [5.74, 6) is 0.898. The molecule has 0 N–H and O–H groups in total. The smallest absolute Gasteiger partial charge is 0.245 e. The molecule has 5 heteroatoms. The highest BCUT2D eigenvalue weighted by molar-refractivity contribution is 5.82. The predicted molar refractivity (Wildman–Crippen MR) is 66.7 cm³/mol. The van der Waals surface area contributed by atoms with Crippen LogP contribution in [0, 0.1) is 0 Å². The Bertz CT molecular complexity index is 563. The summed E-state index contributed by atoms with van der Waals surface area (Å²) >= 11 is 0. The summed E-state index contributed by atoms with van der Waals surface area (Å²) in [6.07, 6.45) is 6.13. The van der Waals surface area contributed by atoms with E-state index in [1.165, 1.54) is 0 Å². The number of carbonyl (C=O) groups excluding carboxylic acids is 1. The van der Waals surface area contributed by atoms with Crippen molar-refractivity contribution < 1.29 is 4.79 Å². The van der Waals surface area contributed by atoms with Crippen LogP contribution >= 0.6 is 0 Å². The molecular weight excluding hydrogens is 228 g/mol. The van der Waals surface area contributed by atoms with E-state index in [1.54, 1.807) is 17.3 Å². The van der Waals surface area contributed by atoms with Gasteiger partial charge in [-0.1, -0.05) is 6.07 Å². The molecule has 0 saturated carbocycles. The van der Waals surface area contributed by atoms with E-state index in [4.69, 9.17) is 0 Å². The minimum Gasteiger partial charge on any atom is -0.344 e. The van der Waals surface area contributed by atoms with Crippen molar-refractivity contribution >= 4 is 5.91 Å². The average Bonchev–Trinajstić information content (AvgIpc) is 2.99. The van der Waals surface area contributed by atoms with Crippen molar-refractivity contribution in [1.82, 2.24) is 19.4 Å². The number of likely N-dealkylation sites (N-methyl/N-ethyl adjacent to an activating group) is 1. The number of rotatable bonds is 2. The molecule has 1 unspecified atom stereocenters. The number of pyridine rings is 1. The minimum absolute atomic E-state index is 0.144. The summed E-state index contributed by atoms with van der Waals surface area (Å²) in [6.45, 7) is 0.795. The van der Waals surface area contributed by atoms with E-state index in [0.29, 0.717) is 0 Å². The molecule has 92 valence electrons. The monoisotopic (exact) mass is 242 g/mol. The third-order valence-corrected chi connectivity index (χ3v) is 3.30. The van der Waals surface area contributed by atoms with Crippen LogP contribution in [0.1, 0.15) is 12.5 Å². The van der Waals surface area contributed by atoms with Gasteiger partial charge >= 0.3 is 0 Å². The van der Waals surface area contributed by atoms with Crippen LogP contribution in [-0.4, -0.2) is 38.9 Å². The lowest BCUT2D eigenvalue weighted by Crippen LogP contribution is -2.24. The van der Waals surface area contributed by atoms with Crippen LogP contribution in [0.3, 0.4) is 0 Å². The minimum atomic E-state index is -0.144. The Morgan fingerprint density at radius 1 is 1.28 bits per heavy atom. The Labute approximate surface area is 105 Å². The van der Waals surface area contributed by atoms with Gasteiger partial charge in [-0.25, -0.2) is 4.98 Å². The summed E-state index contributed by atoms with van der Waals surface area (Å²) < 4.78 is 1.92. The molecular formula is C13H14N4O. The van der Waals surface area contributed by atoms with Gasteiger partial charge in [0, 0.05) is 32.2 Å². The first-order valence-corrected chi connectivity index (χ1v) is 5.96. The maximum absolute atomic E-state index is 12.0. The lowest BCUT2D eigenvalue weighted by Gasteiger charge is -2.14. The predicted octanol–water partition coefficient (Wildman–Crippen LogP) is 1.35. The van der Waals surface area contributed by atoms with Gasteiger partial charge in [-0.3, -0.25) is 9.78 Å². The van der Waals surface area contributed by atoms with Gasteiger partial charge in [-0.2, -0.15) is 0 Å². The number of hydrogen-bond acceptors (Lipinski definition) is 3. The summed E-state index contributed by atoms with van der Waals surface area (Å²) in [7, 11) is 1.83. The number of imidazole rings is 1. The van der Waals surface area contributed by atoms with Crippen LogP contribution in [0.2, 0.25) is 0 Å². The quantitative estimate of drug-likeness (QED) is 0.798. The fourth-order valence-corrected chi connectivity index (χ4v) is 2.32. The van der Waals surface area contributed by atoms with Gasteiger partial charge in [0.2, 0.25) is 5.91 Å². The maximum atomic E-state index is 12.0. The van der Waals surface area contributed by atoms with Crippen LogP contribution in [0.15, 0.2) is 36.8 Å². The highest BCUT2D eigenvalue weighted by Gasteiger charge is 2.31. The van der Waals surface area contributed by atoms with Gasteiger partial charge in [0.15, 0.2) is 5.82 Å². The fraction of sp³-hybridized carbons (Fsp3) is 0.308. The van der Waals surface area contributed by atoms with Gasteiger partial charge in [0.25, 0.3) is 0 Å². The molecule has 0 radical (unpaired) electrons. The van der Waals surface area contributed by atoms with Crippen molar-refractivity contribution in [2.24, 2.45) is 0 Å². The Kier molecular flexibility index (Phi) is 2.59. The summed E-state index contributed by atoms with van der Waals surface area (Å²) in [6, 6.07) is 5.55. The zero-order valence-corrected chi connectivity index (χ0v) is 10.2. The number of aromatic nitrogens is 3. The van der Waals surface area contributed by atoms with E-state index in [2.05, 4.69) is 9.97 Å². The van der Waals surface area contributed by atoms with Crippen LogP contribution in [-0.2, 0) is 4.79 Å². The first-order chi connectivity index (χ1) is 8.77. The third kappa shape index (κ3) is 1.68. The second-order valence-corrected chi connectivity index (χ2v) is 4.44. The molecule has 0 aliphatic carbocycles. The van der Waals surface area contributed by atoms with Gasteiger partial charge in [0.05, 0.1) is 0 Å². The van der Waals surface area contributed by atoms with Gasteiger partial charge in [0.1, 0.15) is 11.7 Å². The van der Waals surface area contributed by atoms with Crippen molar-refractivity contribution in [3.05, 3.63) is 36.8 Å². The number of amides is 1. The molecule has 1 aliphatic rings. The van der Waals surface area contributed by atoms with Crippen LogP contribution in [0.5, 0.6) is 0 Å². The van der Waals surface area contributed by atoms with Crippen LogP contribution in [0.25, 0.3) is 11.5 Å². The zero-order chi connectivity index (χ0) is 12.5. The van der Waals surface area contributed by atoms with Crippen molar-refractivity contribution in [2.75, 3.05) is 13.6 Å². The Morgan fingerprint density at radius 2 is 2.17 bits per heavy atom. The lowest BCUT2D eigenvalue weighted by atomic mass is 10.2. The Balaban J connectivity index is 2.00. The summed E-state index contributed by atoms with van der Waals surface area (Å²) in [4.78, 5) is 22.4. The first-order valence-electron chi connectivity index (χ1n) is 5.96. The van der Waals surface area contributed by atoms with E-state index < -0.39 is 0 Å². The SMILES string of the molecule is CN1CCC(n2ccnc2-c2ccccn2)C1=O. The van der Waals surface area contributed by atoms with Crippen molar-refractivity contribution in [2.45, 2.75) is 12.5 Å². The summed E-state index contributed by atoms with van der Waals surface area (Å²) in [5, 5.41) is 0. The van der Waals surface area contributed by atoms with Crippen molar-refractivity contribution in [3.8, 4) is 11.5 Å². The van der Waals surface area contributed by atoms with Crippen LogP contribution in [0.4, 0.5) is 0 Å². The maximum Gasteiger partial charge on any atom is 0.245 e. The number of likely N-dealkylation sites (tertiary alicyclic amines) is 1. The van der Waals surface area contributed by atoms with Gasteiger partial charge < -0.3 is 9.47 Å². The van der Waals surface area contributed by atoms with E-state index >= 15 is 0 Å². The Hall–Kier alpha value is -2.17. The number of hydrogen-bond donors (Lipinski definition) is 0. The molecule has 0 bridgehead atoms. The second-order valence-electron chi connectivity index (χ2n) is 4.44. The van der Waals surface area contributed by atoms with Crippen molar-refractivity contribution in [1.29, 1.82) is 0 Å². The largest absolute Gasteiger partial charge is 0.344 e. The molecule has 1 atom stereocenters. The topological polar surface area (TPSA) is 51.0 Å². The second kappa shape index (κ2) is 4.25. The first kappa shape index (κ1) is 11.0.